The van der Waals surface area contributed by atoms with Crippen LogP contribution < -0.4 is 11.1 Å². The van der Waals surface area contributed by atoms with Crippen molar-refractivity contribution in [3.8, 4) is 0 Å². The third-order valence-electron chi connectivity index (χ3n) is 5.56. The third kappa shape index (κ3) is 6.26. The predicted octanol–water partition coefficient (Wildman–Crippen LogP) is 2.37. The fourth-order valence-corrected chi connectivity index (χ4v) is 4.00. The van der Waals surface area contributed by atoms with E-state index in [4.69, 9.17) is 17.3 Å². The summed E-state index contributed by atoms with van der Waals surface area (Å²) in [6.45, 7) is 3.88. The Bertz CT molecular complexity index is 901. The second-order valence-corrected chi connectivity index (χ2v) is 8.21. The van der Waals surface area contributed by atoms with Crippen LogP contribution in [-0.4, -0.2) is 60.4 Å². The molecule has 1 aliphatic heterocycles. The molecule has 6 nitrogen and oxygen atoms in total. The average molecular weight is 447 g/mol. The Morgan fingerprint density at radius 3 is 2.35 bits per heavy atom. The van der Waals surface area contributed by atoms with Gasteiger partial charge in [0.25, 0.3) is 0 Å². The largest absolute Gasteiger partial charge is 0.354 e. The van der Waals surface area contributed by atoms with Gasteiger partial charge in [-0.05, 0) is 30.2 Å². The number of benzene rings is 2. The number of rotatable bonds is 7. The number of amides is 2. The number of nitrogens with one attached hydrogen (secondary N) is 1. The molecule has 0 bridgehead atoms. The Labute approximate surface area is 187 Å². The topological polar surface area (TPSA) is 78.7 Å². The summed E-state index contributed by atoms with van der Waals surface area (Å²) in [4.78, 5) is 28.1. The van der Waals surface area contributed by atoms with Crippen LogP contribution in [0.2, 0.25) is 5.02 Å². The van der Waals surface area contributed by atoms with Crippen LogP contribution in [0.25, 0.3) is 0 Å². The highest BCUT2D eigenvalue weighted by molar-refractivity contribution is 6.30. The Morgan fingerprint density at radius 1 is 1.10 bits per heavy atom. The molecule has 1 fully saturated rings. The predicted molar refractivity (Wildman–Crippen MR) is 119 cm³/mol. The molecule has 2 unspecified atom stereocenters. The SMILES string of the molecule is CC(=O)NCC(c1ccccc1F)N1CCN(C(=O)C(N)Cc2ccc(Cl)cc2)CC1. The minimum atomic E-state index is -0.630. The Hall–Kier alpha value is -2.48. The zero-order chi connectivity index (χ0) is 22.4. The van der Waals surface area contributed by atoms with Gasteiger partial charge in [0, 0.05) is 50.2 Å². The normalized spacial score (nSPS) is 16.6. The first kappa shape index (κ1) is 23.2. The van der Waals surface area contributed by atoms with Gasteiger partial charge in [-0.25, -0.2) is 4.39 Å². The first-order valence-electron chi connectivity index (χ1n) is 10.4. The van der Waals surface area contributed by atoms with Crippen molar-refractivity contribution in [2.45, 2.75) is 25.4 Å². The maximum atomic E-state index is 14.4. The van der Waals surface area contributed by atoms with Gasteiger partial charge in [0.05, 0.1) is 12.1 Å². The van der Waals surface area contributed by atoms with E-state index in [1.165, 1.54) is 13.0 Å². The van der Waals surface area contributed by atoms with Crippen LogP contribution in [-0.2, 0) is 16.0 Å². The summed E-state index contributed by atoms with van der Waals surface area (Å²) in [5, 5.41) is 3.44. The number of carbonyl (C=O) groups excluding carboxylic acids is 2. The van der Waals surface area contributed by atoms with Crippen molar-refractivity contribution in [3.05, 3.63) is 70.5 Å². The van der Waals surface area contributed by atoms with Gasteiger partial charge < -0.3 is 16.0 Å². The van der Waals surface area contributed by atoms with Gasteiger partial charge in [-0.15, -0.1) is 0 Å². The lowest BCUT2D eigenvalue weighted by atomic mass is 10.0. The molecule has 0 aliphatic carbocycles. The molecule has 0 saturated carbocycles. The Balaban J connectivity index is 1.61. The van der Waals surface area contributed by atoms with E-state index in [0.717, 1.165) is 5.56 Å². The van der Waals surface area contributed by atoms with Gasteiger partial charge in [0.2, 0.25) is 11.8 Å². The molecule has 3 N–H and O–H groups in total. The van der Waals surface area contributed by atoms with Gasteiger partial charge in [0.15, 0.2) is 0 Å². The molecule has 31 heavy (non-hydrogen) atoms. The molecule has 1 heterocycles. The Morgan fingerprint density at radius 2 is 1.74 bits per heavy atom. The van der Waals surface area contributed by atoms with Crippen LogP contribution >= 0.6 is 11.6 Å². The molecule has 0 aromatic heterocycles. The van der Waals surface area contributed by atoms with Crippen molar-refractivity contribution in [1.82, 2.24) is 15.1 Å². The maximum absolute atomic E-state index is 14.4. The van der Waals surface area contributed by atoms with Gasteiger partial charge in [0.1, 0.15) is 5.82 Å². The number of hydrogen-bond acceptors (Lipinski definition) is 4. The van der Waals surface area contributed by atoms with Crippen molar-refractivity contribution in [2.75, 3.05) is 32.7 Å². The van der Waals surface area contributed by atoms with E-state index in [0.29, 0.717) is 49.7 Å². The average Bonchev–Trinajstić information content (AvgIpc) is 2.76. The van der Waals surface area contributed by atoms with E-state index in [9.17, 15) is 14.0 Å². The summed E-state index contributed by atoms with van der Waals surface area (Å²) in [5.41, 5.74) is 7.66. The quantitative estimate of drug-likeness (QED) is 0.684. The lowest BCUT2D eigenvalue weighted by molar-refractivity contribution is -0.134. The Kier molecular flexibility index (Phi) is 8.01. The minimum absolute atomic E-state index is 0.0982. The first-order valence-corrected chi connectivity index (χ1v) is 10.7. The van der Waals surface area contributed by atoms with Crippen molar-refractivity contribution in [2.24, 2.45) is 5.73 Å². The fraction of sp³-hybridized carbons (Fsp3) is 0.391. The van der Waals surface area contributed by atoms with Crippen LogP contribution in [0.3, 0.4) is 0 Å². The number of nitrogens with two attached hydrogens (primary N) is 1. The number of carbonyl (C=O) groups is 2. The monoisotopic (exact) mass is 446 g/mol. The number of halogens is 2. The molecule has 0 spiro atoms. The standard InChI is InChI=1S/C23H28ClFN4O2/c1-16(30)27-15-22(19-4-2-3-5-20(19)25)28-10-12-29(13-11-28)23(31)21(26)14-17-6-8-18(24)9-7-17/h2-9,21-22H,10-15,26H2,1H3,(H,27,30). The van der Waals surface area contributed by atoms with E-state index in [1.54, 1.807) is 35.2 Å². The third-order valence-corrected chi connectivity index (χ3v) is 5.81. The summed E-state index contributed by atoms with van der Waals surface area (Å²) >= 11 is 5.91. The van der Waals surface area contributed by atoms with Crippen molar-refractivity contribution >= 4 is 23.4 Å². The highest BCUT2D eigenvalue weighted by Crippen LogP contribution is 2.24. The summed E-state index contributed by atoms with van der Waals surface area (Å²) < 4.78 is 14.4. The molecule has 2 atom stereocenters. The second-order valence-electron chi connectivity index (χ2n) is 7.77. The van der Waals surface area contributed by atoms with Crippen LogP contribution in [0.5, 0.6) is 0 Å². The molecule has 3 rings (SSSR count). The van der Waals surface area contributed by atoms with Crippen molar-refractivity contribution in [3.63, 3.8) is 0 Å². The molecule has 2 aromatic rings. The summed E-state index contributed by atoms with van der Waals surface area (Å²) in [5.74, 6) is -0.566. The van der Waals surface area contributed by atoms with Crippen molar-refractivity contribution < 1.29 is 14.0 Å². The van der Waals surface area contributed by atoms with Crippen LogP contribution in [0.4, 0.5) is 4.39 Å². The molecule has 2 amide bonds. The number of piperazine rings is 1. The van der Waals surface area contributed by atoms with Gasteiger partial charge >= 0.3 is 0 Å². The van der Waals surface area contributed by atoms with E-state index < -0.39 is 6.04 Å². The molecular formula is C23H28ClFN4O2. The van der Waals surface area contributed by atoms with E-state index >= 15 is 0 Å². The molecule has 166 valence electrons. The molecule has 1 saturated heterocycles. The smallest absolute Gasteiger partial charge is 0.239 e. The van der Waals surface area contributed by atoms with Gasteiger partial charge in [-0.2, -0.15) is 0 Å². The molecule has 8 heteroatoms. The summed E-state index contributed by atoms with van der Waals surface area (Å²) in [7, 11) is 0. The van der Waals surface area contributed by atoms with Crippen LogP contribution in [0.15, 0.2) is 48.5 Å². The lowest BCUT2D eigenvalue weighted by Crippen LogP contribution is -2.55. The molecule has 2 aromatic carbocycles. The minimum Gasteiger partial charge on any atom is -0.354 e. The van der Waals surface area contributed by atoms with E-state index in [-0.39, 0.29) is 23.7 Å². The molecule has 1 aliphatic rings. The molecule has 0 radical (unpaired) electrons. The van der Waals surface area contributed by atoms with E-state index in [2.05, 4.69) is 10.2 Å². The van der Waals surface area contributed by atoms with Crippen LogP contribution in [0, 0.1) is 5.82 Å². The number of hydrogen-bond donors (Lipinski definition) is 2. The second kappa shape index (κ2) is 10.7. The summed E-state index contributed by atoms with van der Waals surface area (Å²) in [6.07, 6.45) is 0.441. The van der Waals surface area contributed by atoms with Gasteiger partial charge in [-0.1, -0.05) is 41.9 Å². The highest BCUT2D eigenvalue weighted by Gasteiger charge is 2.30. The zero-order valence-corrected chi connectivity index (χ0v) is 18.3. The van der Waals surface area contributed by atoms with Crippen LogP contribution in [0.1, 0.15) is 24.1 Å². The highest BCUT2D eigenvalue weighted by atomic mass is 35.5. The van der Waals surface area contributed by atoms with Crippen molar-refractivity contribution in [1.29, 1.82) is 0 Å². The number of nitrogens with zero attached hydrogens (tertiary/aromatic N) is 2. The first-order chi connectivity index (χ1) is 14.8. The summed E-state index contributed by atoms with van der Waals surface area (Å²) in [6, 6.07) is 13.0. The van der Waals surface area contributed by atoms with E-state index in [1.807, 2.05) is 12.1 Å². The zero-order valence-electron chi connectivity index (χ0n) is 17.6. The lowest BCUT2D eigenvalue weighted by Gasteiger charge is -2.40. The molecular weight excluding hydrogens is 419 g/mol. The fourth-order valence-electron chi connectivity index (χ4n) is 3.87. The maximum Gasteiger partial charge on any atom is 0.239 e. The van der Waals surface area contributed by atoms with Gasteiger partial charge in [-0.3, -0.25) is 14.5 Å².